The van der Waals surface area contributed by atoms with Crippen LogP contribution in [0.3, 0.4) is 0 Å². The van der Waals surface area contributed by atoms with Gasteiger partial charge in [0.15, 0.2) is 9.84 Å². The third-order valence-corrected chi connectivity index (χ3v) is 5.29. The first-order valence-electron chi connectivity index (χ1n) is 6.87. The van der Waals surface area contributed by atoms with Gasteiger partial charge in [0.2, 0.25) is 0 Å². The normalized spacial score (nSPS) is 19.1. The lowest BCUT2D eigenvalue weighted by Gasteiger charge is -2.24. The Balaban J connectivity index is 2.11. The Bertz CT molecular complexity index is 557. The lowest BCUT2D eigenvalue weighted by molar-refractivity contribution is 0.197. The van der Waals surface area contributed by atoms with E-state index in [1.54, 1.807) is 35.2 Å². The second kappa shape index (κ2) is 6.26. The Morgan fingerprint density at radius 2 is 2.05 bits per heavy atom. The number of sulfone groups is 1. The fourth-order valence-electron chi connectivity index (χ4n) is 2.51. The number of urea groups is 1. The van der Waals surface area contributed by atoms with Gasteiger partial charge in [0, 0.05) is 19.1 Å². The van der Waals surface area contributed by atoms with E-state index in [0.717, 1.165) is 12.8 Å². The van der Waals surface area contributed by atoms with E-state index in [1.807, 2.05) is 6.92 Å². The largest absolute Gasteiger partial charge is 0.338 e. The average Bonchev–Trinajstić information content (AvgIpc) is 2.87. The van der Waals surface area contributed by atoms with Crippen molar-refractivity contribution < 1.29 is 13.2 Å². The number of rotatable bonds is 4. The lowest BCUT2D eigenvalue weighted by atomic mass is 10.2. The van der Waals surface area contributed by atoms with E-state index in [-0.39, 0.29) is 17.8 Å². The minimum Gasteiger partial charge on any atom is -0.338 e. The highest BCUT2D eigenvalue weighted by molar-refractivity contribution is 7.91. The van der Waals surface area contributed by atoms with Crippen LogP contribution >= 0.6 is 0 Å². The molecule has 20 heavy (non-hydrogen) atoms. The smallest absolute Gasteiger partial charge is 0.317 e. The van der Waals surface area contributed by atoms with Gasteiger partial charge in [-0.15, -0.1) is 0 Å². The van der Waals surface area contributed by atoms with Gasteiger partial charge in [0.05, 0.1) is 10.6 Å². The number of benzene rings is 1. The average molecular weight is 296 g/mol. The maximum Gasteiger partial charge on any atom is 0.317 e. The number of carbonyl (C=O) groups excluding carboxylic acids is 1. The highest BCUT2D eigenvalue weighted by Crippen LogP contribution is 2.22. The van der Waals surface area contributed by atoms with Crippen LogP contribution in [0.4, 0.5) is 4.79 Å². The molecule has 0 radical (unpaired) electrons. The molecule has 6 heteroatoms. The fraction of sp³-hybridized carbons (Fsp3) is 0.500. The molecule has 2 amide bonds. The number of nitrogens with one attached hydrogen (secondary N) is 1. The molecule has 0 unspecified atom stereocenters. The van der Waals surface area contributed by atoms with Gasteiger partial charge >= 0.3 is 6.03 Å². The summed E-state index contributed by atoms with van der Waals surface area (Å²) < 4.78 is 24.7. The van der Waals surface area contributed by atoms with Crippen LogP contribution in [0.2, 0.25) is 0 Å². The third kappa shape index (κ3) is 3.30. The van der Waals surface area contributed by atoms with Gasteiger partial charge in [-0.25, -0.2) is 13.2 Å². The number of carbonyl (C=O) groups is 1. The molecule has 0 bridgehead atoms. The zero-order chi connectivity index (χ0) is 14.6. The molecule has 0 aromatic heterocycles. The molecule has 1 aliphatic heterocycles. The van der Waals surface area contributed by atoms with Crippen molar-refractivity contribution in [3.05, 3.63) is 30.3 Å². The molecule has 0 spiro atoms. The number of likely N-dealkylation sites (tertiary alicyclic amines) is 1. The van der Waals surface area contributed by atoms with Crippen molar-refractivity contribution in [1.29, 1.82) is 0 Å². The fourth-order valence-corrected chi connectivity index (χ4v) is 4.12. The summed E-state index contributed by atoms with van der Waals surface area (Å²) in [5.74, 6) is -0.00581. The number of hydrogen-bond acceptors (Lipinski definition) is 3. The van der Waals surface area contributed by atoms with Crippen molar-refractivity contribution in [2.45, 2.75) is 30.7 Å². The minimum absolute atomic E-state index is 0.00581. The highest BCUT2D eigenvalue weighted by Gasteiger charge is 2.32. The zero-order valence-electron chi connectivity index (χ0n) is 11.6. The quantitative estimate of drug-likeness (QED) is 0.919. The molecule has 1 aromatic rings. The first kappa shape index (κ1) is 14.8. The molecule has 1 fully saturated rings. The van der Waals surface area contributed by atoms with Crippen LogP contribution in [0.15, 0.2) is 35.2 Å². The summed E-state index contributed by atoms with van der Waals surface area (Å²) >= 11 is 0. The lowest BCUT2D eigenvalue weighted by Crippen LogP contribution is -2.45. The molecule has 0 aliphatic carbocycles. The van der Waals surface area contributed by atoms with Gasteiger partial charge in [0.25, 0.3) is 0 Å². The number of nitrogens with zero attached hydrogens (tertiary/aromatic N) is 1. The molecule has 1 saturated heterocycles. The van der Waals surface area contributed by atoms with Crippen molar-refractivity contribution in [3.63, 3.8) is 0 Å². The van der Waals surface area contributed by atoms with E-state index in [9.17, 15) is 13.2 Å². The molecule has 2 rings (SSSR count). The van der Waals surface area contributed by atoms with Gasteiger partial charge in [-0.05, 0) is 31.9 Å². The Hall–Kier alpha value is -1.56. The summed E-state index contributed by atoms with van der Waals surface area (Å²) in [5.41, 5.74) is 0. The molecule has 0 saturated carbocycles. The van der Waals surface area contributed by atoms with Crippen LogP contribution in [0.25, 0.3) is 0 Å². The highest BCUT2D eigenvalue weighted by atomic mass is 32.2. The first-order valence-corrected chi connectivity index (χ1v) is 8.52. The van der Waals surface area contributed by atoms with E-state index in [4.69, 9.17) is 0 Å². The van der Waals surface area contributed by atoms with Crippen molar-refractivity contribution in [3.8, 4) is 0 Å². The van der Waals surface area contributed by atoms with Gasteiger partial charge in [-0.1, -0.05) is 18.2 Å². The topological polar surface area (TPSA) is 66.5 Å². The Morgan fingerprint density at radius 3 is 2.70 bits per heavy atom. The van der Waals surface area contributed by atoms with Gasteiger partial charge in [0.1, 0.15) is 0 Å². The standard InChI is InChI=1S/C14H20N2O3S/c1-2-15-14(17)16-10-6-7-12(16)11-20(18,19)13-8-4-3-5-9-13/h3-5,8-9,12H,2,6-7,10-11H2,1H3,(H,15,17)/t12-/m0/s1. The second-order valence-corrected chi connectivity index (χ2v) is 6.95. The maximum atomic E-state index is 12.4. The predicted octanol–water partition coefficient (Wildman–Crippen LogP) is 1.65. The van der Waals surface area contributed by atoms with E-state index >= 15 is 0 Å². The Kier molecular flexibility index (Phi) is 4.65. The summed E-state index contributed by atoms with van der Waals surface area (Å²) in [6.07, 6.45) is 1.59. The zero-order valence-corrected chi connectivity index (χ0v) is 12.4. The predicted molar refractivity (Wildman–Crippen MR) is 77.3 cm³/mol. The summed E-state index contributed by atoms with van der Waals surface area (Å²) in [6.45, 7) is 3.03. The molecular weight excluding hydrogens is 276 g/mol. The van der Waals surface area contributed by atoms with Crippen LogP contribution in [-0.4, -0.2) is 44.2 Å². The summed E-state index contributed by atoms with van der Waals surface area (Å²) in [6, 6.07) is 8.01. The van der Waals surface area contributed by atoms with Crippen molar-refractivity contribution in [1.82, 2.24) is 10.2 Å². The summed E-state index contributed by atoms with van der Waals surface area (Å²) in [7, 11) is -3.35. The van der Waals surface area contributed by atoms with Crippen molar-refractivity contribution in [2.24, 2.45) is 0 Å². The summed E-state index contributed by atoms with van der Waals surface area (Å²) in [4.78, 5) is 13.9. The van der Waals surface area contributed by atoms with Crippen LogP contribution < -0.4 is 5.32 Å². The van der Waals surface area contributed by atoms with Crippen LogP contribution in [0, 0.1) is 0 Å². The van der Waals surface area contributed by atoms with Crippen LogP contribution in [-0.2, 0) is 9.84 Å². The van der Waals surface area contributed by atoms with E-state index < -0.39 is 9.84 Å². The molecule has 110 valence electrons. The van der Waals surface area contributed by atoms with E-state index in [1.165, 1.54) is 0 Å². The third-order valence-electron chi connectivity index (χ3n) is 3.48. The van der Waals surface area contributed by atoms with Gasteiger partial charge in [-0.2, -0.15) is 0 Å². The number of hydrogen-bond donors (Lipinski definition) is 1. The monoisotopic (exact) mass is 296 g/mol. The molecule has 1 atom stereocenters. The SMILES string of the molecule is CCNC(=O)N1CCC[C@H]1CS(=O)(=O)c1ccccc1. The maximum absolute atomic E-state index is 12.4. The second-order valence-electron chi connectivity index (χ2n) is 4.92. The van der Waals surface area contributed by atoms with Gasteiger partial charge in [-0.3, -0.25) is 0 Å². The van der Waals surface area contributed by atoms with E-state index in [2.05, 4.69) is 5.32 Å². The van der Waals surface area contributed by atoms with Gasteiger partial charge < -0.3 is 10.2 Å². The van der Waals surface area contributed by atoms with Crippen LogP contribution in [0.5, 0.6) is 0 Å². The molecule has 1 heterocycles. The molecule has 1 aromatic carbocycles. The minimum atomic E-state index is -3.35. The van der Waals surface area contributed by atoms with Crippen molar-refractivity contribution >= 4 is 15.9 Å². The molecule has 1 N–H and O–H groups in total. The Morgan fingerprint density at radius 1 is 1.35 bits per heavy atom. The van der Waals surface area contributed by atoms with Crippen molar-refractivity contribution in [2.75, 3.05) is 18.8 Å². The first-order chi connectivity index (χ1) is 9.54. The summed E-state index contributed by atoms with van der Waals surface area (Å²) in [5, 5.41) is 2.74. The van der Waals surface area contributed by atoms with E-state index in [0.29, 0.717) is 18.0 Å². The molecule has 1 aliphatic rings. The molecule has 5 nitrogen and oxygen atoms in total. The Labute approximate surface area is 119 Å². The number of amides is 2. The van der Waals surface area contributed by atoms with Crippen LogP contribution in [0.1, 0.15) is 19.8 Å². The molecular formula is C14H20N2O3S.